The van der Waals surface area contributed by atoms with Crippen molar-refractivity contribution in [1.29, 1.82) is 0 Å². The monoisotopic (exact) mass is 419 g/mol. The standard InChI is InChI=1S/C20H29N5O3S/c1-3-11-21-19(27)14(2)22-17(26)13-29-20-24-23-18(16-10-7-12-28-16)25(20)15-8-5-4-6-9-15/h7,10,12,14-15H,3-6,8-9,11,13H2,1-2H3,(H,21,27)(H,22,26). The van der Waals surface area contributed by atoms with E-state index in [-0.39, 0.29) is 17.6 Å². The maximum atomic E-state index is 12.3. The minimum absolute atomic E-state index is 0.171. The molecule has 1 fully saturated rings. The van der Waals surface area contributed by atoms with Gasteiger partial charge in [0.1, 0.15) is 6.04 Å². The van der Waals surface area contributed by atoms with E-state index in [1.165, 1.54) is 31.0 Å². The Labute approximate surface area is 175 Å². The normalized spacial score (nSPS) is 15.8. The third-order valence-corrected chi connectivity index (χ3v) is 5.94. The summed E-state index contributed by atoms with van der Waals surface area (Å²) in [4.78, 5) is 24.3. The van der Waals surface area contributed by atoms with Gasteiger partial charge in [0.2, 0.25) is 17.6 Å². The minimum atomic E-state index is -0.565. The van der Waals surface area contributed by atoms with E-state index in [0.717, 1.165) is 19.3 Å². The summed E-state index contributed by atoms with van der Waals surface area (Å²) in [6, 6.07) is 3.45. The predicted octanol–water partition coefficient (Wildman–Crippen LogP) is 3.17. The molecule has 1 aliphatic carbocycles. The Bertz CT molecular complexity index is 799. The summed E-state index contributed by atoms with van der Waals surface area (Å²) in [5.41, 5.74) is 0. The molecule has 2 amide bonds. The molecule has 0 radical (unpaired) electrons. The molecule has 0 aliphatic heterocycles. The Morgan fingerprint density at radius 2 is 2.10 bits per heavy atom. The van der Waals surface area contributed by atoms with Gasteiger partial charge in [-0.15, -0.1) is 10.2 Å². The van der Waals surface area contributed by atoms with E-state index in [9.17, 15) is 9.59 Å². The highest BCUT2D eigenvalue weighted by atomic mass is 32.2. The van der Waals surface area contributed by atoms with Crippen LogP contribution in [-0.2, 0) is 9.59 Å². The zero-order chi connectivity index (χ0) is 20.6. The number of furan rings is 1. The zero-order valence-corrected chi connectivity index (χ0v) is 17.8. The van der Waals surface area contributed by atoms with Gasteiger partial charge in [0.25, 0.3) is 0 Å². The topological polar surface area (TPSA) is 102 Å². The van der Waals surface area contributed by atoms with E-state index >= 15 is 0 Å². The van der Waals surface area contributed by atoms with Crippen molar-refractivity contribution in [2.24, 2.45) is 0 Å². The van der Waals surface area contributed by atoms with Gasteiger partial charge < -0.3 is 15.1 Å². The molecule has 3 rings (SSSR count). The lowest BCUT2D eigenvalue weighted by Crippen LogP contribution is -2.45. The van der Waals surface area contributed by atoms with Gasteiger partial charge in [-0.05, 0) is 38.3 Å². The van der Waals surface area contributed by atoms with E-state index < -0.39 is 6.04 Å². The lowest BCUT2D eigenvalue weighted by Gasteiger charge is -2.25. The molecule has 2 heterocycles. The molecule has 8 nitrogen and oxygen atoms in total. The van der Waals surface area contributed by atoms with E-state index in [0.29, 0.717) is 29.3 Å². The van der Waals surface area contributed by atoms with Gasteiger partial charge in [-0.25, -0.2) is 0 Å². The van der Waals surface area contributed by atoms with Crippen LogP contribution in [-0.4, -0.2) is 44.9 Å². The van der Waals surface area contributed by atoms with Gasteiger partial charge >= 0.3 is 0 Å². The van der Waals surface area contributed by atoms with Gasteiger partial charge in [-0.2, -0.15) is 0 Å². The summed E-state index contributed by atoms with van der Waals surface area (Å²) in [5.74, 6) is 1.19. The lowest BCUT2D eigenvalue weighted by molar-refractivity contribution is -0.127. The molecular weight excluding hydrogens is 390 g/mol. The molecule has 158 valence electrons. The average molecular weight is 420 g/mol. The lowest BCUT2D eigenvalue weighted by atomic mass is 9.95. The van der Waals surface area contributed by atoms with Crippen LogP contribution in [0.3, 0.4) is 0 Å². The third kappa shape index (κ3) is 5.62. The first kappa shape index (κ1) is 21.4. The Balaban J connectivity index is 1.66. The first-order valence-electron chi connectivity index (χ1n) is 10.3. The van der Waals surface area contributed by atoms with Crippen molar-refractivity contribution in [1.82, 2.24) is 25.4 Å². The molecule has 29 heavy (non-hydrogen) atoms. The summed E-state index contributed by atoms with van der Waals surface area (Å²) in [6.45, 7) is 4.28. The van der Waals surface area contributed by atoms with Gasteiger partial charge in [0.15, 0.2) is 10.9 Å². The Morgan fingerprint density at radius 1 is 1.31 bits per heavy atom. The zero-order valence-electron chi connectivity index (χ0n) is 17.0. The van der Waals surface area contributed by atoms with Crippen molar-refractivity contribution in [3.05, 3.63) is 18.4 Å². The molecule has 2 aromatic rings. The molecule has 0 bridgehead atoms. The summed E-state index contributed by atoms with van der Waals surface area (Å²) in [5, 5.41) is 14.9. The van der Waals surface area contributed by atoms with E-state index in [1.54, 1.807) is 13.2 Å². The quantitative estimate of drug-likeness (QED) is 0.605. The van der Waals surface area contributed by atoms with E-state index in [4.69, 9.17) is 4.42 Å². The third-order valence-electron chi connectivity index (χ3n) is 5.00. The van der Waals surface area contributed by atoms with Gasteiger partial charge in [0, 0.05) is 12.6 Å². The first-order chi connectivity index (χ1) is 14.1. The van der Waals surface area contributed by atoms with Crippen LogP contribution in [0.2, 0.25) is 0 Å². The number of carbonyl (C=O) groups excluding carboxylic acids is 2. The van der Waals surface area contributed by atoms with Crippen molar-refractivity contribution in [2.45, 2.75) is 69.6 Å². The molecule has 0 spiro atoms. The van der Waals surface area contributed by atoms with Crippen LogP contribution in [0.1, 0.15) is 58.4 Å². The fourth-order valence-electron chi connectivity index (χ4n) is 3.50. The Hall–Kier alpha value is -2.29. The van der Waals surface area contributed by atoms with Crippen LogP contribution in [0.25, 0.3) is 11.6 Å². The maximum absolute atomic E-state index is 12.3. The van der Waals surface area contributed by atoms with Crippen LogP contribution in [0.15, 0.2) is 28.0 Å². The van der Waals surface area contributed by atoms with Gasteiger partial charge in [-0.3, -0.25) is 14.2 Å². The fraction of sp³-hybridized carbons (Fsp3) is 0.600. The highest BCUT2D eigenvalue weighted by Crippen LogP contribution is 2.35. The first-order valence-corrected chi connectivity index (χ1v) is 11.3. The number of aromatic nitrogens is 3. The van der Waals surface area contributed by atoms with Crippen molar-refractivity contribution in [3.8, 4) is 11.6 Å². The number of rotatable bonds is 9. The number of hydrogen-bond acceptors (Lipinski definition) is 6. The number of nitrogens with zero attached hydrogens (tertiary/aromatic N) is 3. The Kier molecular flexibility index (Phi) is 7.74. The van der Waals surface area contributed by atoms with Crippen molar-refractivity contribution in [2.75, 3.05) is 12.3 Å². The van der Waals surface area contributed by atoms with Crippen molar-refractivity contribution in [3.63, 3.8) is 0 Å². The molecule has 2 aromatic heterocycles. The summed E-state index contributed by atoms with van der Waals surface area (Å²) in [7, 11) is 0. The largest absolute Gasteiger partial charge is 0.461 e. The van der Waals surface area contributed by atoms with Crippen LogP contribution in [0.5, 0.6) is 0 Å². The second kappa shape index (κ2) is 10.5. The SMILES string of the molecule is CCCNC(=O)C(C)NC(=O)CSc1nnc(-c2ccco2)n1C1CCCCC1. The molecule has 1 unspecified atom stereocenters. The average Bonchev–Trinajstić information content (AvgIpc) is 3.40. The summed E-state index contributed by atoms with van der Waals surface area (Å²) >= 11 is 1.34. The molecule has 0 saturated heterocycles. The van der Waals surface area contributed by atoms with Crippen LogP contribution in [0, 0.1) is 0 Å². The van der Waals surface area contributed by atoms with Gasteiger partial charge in [0.05, 0.1) is 12.0 Å². The molecule has 1 saturated carbocycles. The molecule has 9 heteroatoms. The number of nitrogens with one attached hydrogen (secondary N) is 2. The van der Waals surface area contributed by atoms with Crippen LogP contribution < -0.4 is 10.6 Å². The highest BCUT2D eigenvalue weighted by Gasteiger charge is 2.25. The second-order valence-electron chi connectivity index (χ2n) is 7.31. The number of hydrogen-bond donors (Lipinski definition) is 2. The molecule has 1 atom stereocenters. The molecular formula is C20H29N5O3S. The number of amides is 2. The summed E-state index contributed by atoms with van der Waals surface area (Å²) in [6.07, 6.45) is 8.22. The predicted molar refractivity (Wildman–Crippen MR) is 111 cm³/mol. The van der Waals surface area contributed by atoms with E-state index in [1.807, 2.05) is 19.1 Å². The molecule has 1 aliphatic rings. The van der Waals surface area contributed by atoms with Crippen molar-refractivity contribution < 1.29 is 14.0 Å². The molecule has 0 aromatic carbocycles. The smallest absolute Gasteiger partial charge is 0.242 e. The molecule has 2 N–H and O–H groups in total. The number of carbonyl (C=O) groups is 2. The van der Waals surface area contributed by atoms with Crippen molar-refractivity contribution >= 4 is 23.6 Å². The highest BCUT2D eigenvalue weighted by molar-refractivity contribution is 7.99. The minimum Gasteiger partial charge on any atom is -0.461 e. The van der Waals surface area contributed by atoms with Gasteiger partial charge in [-0.1, -0.05) is 37.9 Å². The Morgan fingerprint density at radius 3 is 2.79 bits per heavy atom. The van der Waals surface area contributed by atoms with Crippen LogP contribution >= 0.6 is 11.8 Å². The maximum Gasteiger partial charge on any atom is 0.242 e. The fourth-order valence-corrected chi connectivity index (χ4v) is 4.31. The summed E-state index contributed by atoms with van der Waals surface area (Å²) < 4.78 is 7.66. The van der Waals surface area contributed by atoms with E-state index in [2.05, 4.69) is 25.4 Å². The number of thioether (sulfide) groups is 1. The second-order valence-corrected chi connectivity index (χ2v) is 8.26. The van der Waals surface area contributed by atoms with Crippen LogP contribution in [0.4, 0.5) is 0 Å².